The smallest absolute Gasteiger partial charge is 0.262 e. The Bertz CT molecular complexity index is 643. The number of carbonyl (C=O) groups is 1. The zero-order chi connectivity index (χ0) is 15.2. The van der Waals surface area contributed by atoms with E-state index in [0.717, 1.165) is 5.56 Å². The highest BCUT2D eigenvalue weighted by Crippen LogP contribution is 2.23. The van der Waals surface area contributed by atoms with E-state index >= 15 is 0 Å². The van der Waals surface area contributed by atoms with Crippen molar-refractivity contribution < 1.29 is 19.0 Å². The first-order valence-corrected chi connectivity index (χ1v) is 6.48. The van der Waals surface area contributed by atoms with E-state index in [9.17, 15) is 14.3 Å². The largest absolute Gasteiger partial charge is 0.483 e. The van der Waals surface area contributed by atoms with Crippen LogP contribution in [0.5, 0.6) is 5.75 Å². The van der Waals surface area contributed by atoms with E-state index in [0.29, 0.717) is 11.3 Å². The van der Waals surface area contributed by atoms with Gasteiger partial charge in [0, 0.05) is 5.56 Å². The van der Waals surface area contributed by atoms with Crippen molar-refractivity contribution >= 4 is 11.6 Å². The van der Waals surface area contributed by atoms with Crippen molar-refractivity contribution in [1.82, 2.24) is 0 Å². The van der Waals surface area contributed by atoms with Gasteiger partial charge in [-0.15, -0.1) is 0 Å². The molecule has 0 aliphatic heterocycles. The van der Waals surface area contributed by atoms with Crippen LogP contribution >= 0.6 is 0 Å². The Morgan fingerprint density at radius 3 is 2.71 bits per heavy atom. The van der Waals surface area contributed by atoms with Crippen LogP contribution in [0.15, 0.2) is 42.5 Å². The van der Waals surface area contributed by atoms with E-state index in [1.54, 1.807) is 24.3 Å². The molecule has 0 fully saturated rings. The quantitative estimate of drug-likeness (QED) is 0.889. The van der Waals surface area contributed by atoms with E-state index in [-0.39, 0.29) is 18.9 Å². The molecule has 4 nitrogen and oxygen atoms in total. The van der Waals surface area contributed by atoms with E-state index in [4.69, 9.17) is 4.74 Å². The van der Waals surface area contributed by atoms with Crippen LogP contribution in [0.1, 0.15) is 11.1 Å². The topological polar surface area (TPSA) is 58.6 Å². The summed E-state index contributed by atoms with van der Waals surface area (Å²) >= 11 is 0. The summed E-state index contributed by atoms with van der Waals surface area (Å²) in [6.45, 7) is 1.39. The standard InChI is InChI=1S/C16H16FNO3/c1-11-5-4-6-12(9-19)16(11)21-10-15(20)18-14-8-3-2-7-13(14)17/h2-8,19H,9-10H2,1H3,(H,18,20). The van der Waals surface area contributed by atoms with Crippen LogP contribution in [-0.2, 0) is 11.4 Å². The predicted octanol–water partition coefficient (Wildman–Crippen LogP) is 2.64. The van der Waals surface area contributed by atoms with Crippen molar-refractivity contribution in [3.05, 3.63) is 59.4 Å². The lowest BCUT2D eigenvalue weighted by molar-refractivity contribution is -0.118. The number of aliphatic hydroxyl groups is 1. The number of anilines is 1. The Kier molecular flexibility index (Phi) is 4.90. The van der Waals surface area contributed by atoms with Gasteiger partial charge in [0.05, 0.1) is 12.3 Å². The molecule has 0 spiro atoms. The molecule has 0 unspecified atom stereocenters. The minimum Gasteiger partial charge on any atom is -0.483 e. The summed E-state index contributed by atoms with van der Waals surface area (Å²) < 4.78 is 18.8. The molecule has 5 heteroatoms. The highest BCUT2D eigenvalue weighted by atomic mass is 19.1. The molecule has 0 aliphatic rings. The summed E-state index contributed by atoms with van der Waals surface area (Å²) in [4.78, 5) is 11.8. The molecule has 0 aliphatic carbocycles. The number of carbonyl (C=O) groups excluding carboxylic acids is 1. The van der Waals surface area contributed by atoms with Gasteiger partial charge in [0.2, 0.25) is 0 Å². The molecule has 0 saturated carbocycles. The lowest BCUT2D eigenvalue weighted by Gasteiger charge is -2.13. The third-order valence-electron chi connectivity index (χ3n) is 2.96. The van der Waals surface area contributed by atoms with E-state index < -0.39 is 11.7 Å². The van der Waals surface area contributed by atoms with Crippen LogP contribution < -0.4 is 10.1 Å². The molecular weight excluding hydrogens is 273 g/mol. The highest BCUT2D eigenvalue weighted by Gasteiger charge is 2.10. The maximum absolute atomic E-state index is 13.4. The average Bonchev–Trinajstić information content (AvgIpc) is 2.48. The van der Waals surface area contributed by atoms with Crippen molar-refractivity contribution in [2.75, 3.05) is 11.9 Å². The number of aliphatic hydroxyl groups excluding tert-OH is 1. The number of halogens is 1. The SMILES string of the molecule is Cc1cccc(CO)c1OCC(=O)Nc1ccccc1F. The van der Waals surface area contributed by atoms with Gasteiger partial charge < -0.3 is 15.2 Å². The summed E-state index contributed by atoms with van der Waals surface area (Å²) in [5, 5.41) is 11.7. The Balaban J connectivity index is 2.01. The molecule has 1 amide bonds. The van der Waals surface area contributed by atoms with Crippen molar-refractivity contribution in [2.24, 2.45) is 0 Å². The molecule has 0 bridgehead atoms. The molecule has 0 atom stereocenters. The molecular formula is C16H16FNO3. The molecule has 110 valence electrons. The summed E-state index contributed by atoms with van der Waals surface area (Å²) in [5.41, 5.74) is 1.53. The van der Waals surface area contributed by atoms with Gasteiger partial charge in [0.1, 0.15) is 11.6 Å². The summed E-state index contributed by atoms with van der Waals surface area (Å²) in [6.07, 6.45) is 0. The Labute approximate surface area is 122 Å². The number of nitrogens with one attached hydrogen (secondary N) is 1. The number of benzene rings is 2. The summed E-state index contributed by atoms with van der Waals surface area (Å²) in [7, 11) is 0. The number of para-hydroxylation sites is 2. The maximum Gasteiger partial charge on any atom is 0.262 e. The van der Waals surface area contributed by atoms with Crippen LogP contribution in [0, 0.1) is 12.7 Å². The predicted molar refractivity (Wildman–Crippen MR) is 77.6 cm³/mol. The molecule has 0 heterocycles. The second kappa shape index (κ2) is 6.85. The van der Waals surface area contributed by atoms with Gasteiger partial charge in [-0.25, -0.2) is 4.39 Å². The van der Waals surface area contributed by atoms with Crippen molar-refractivity contribution in [3.8, 4) is 5.75 Å². The second-order valence-corrected chi connectivity index (χ2v) is 4.54. The first-order valence-electron chi connectivity index (χ1n) is 6.48. The van der Waals surface area contributed by atoms with E-state index in [1.165, 1.54) is 12.1 Å². The Morgan fingerprint density at radius 2 is 2.00 bits per heavy atom. The van der Waals surface area contributed by atoms with Gasteiger partial charge >= 0.3 is 0 Å². The first kappa shape index (κ1) is 15.0. The lowest BCUT2D eigenvalue weighted by atomic mass is 10.1. The highest BCUT2D eigenvalue weighted by molar-refractivity contribution is 5.92. The van der Waals surface area contributed by atoms with Gasteiger partial charge in [0.15, 0.2) is 6.61 Å². The van der Waals surface area contributed by atoms with Gasteiger partial charge in [-0.3, -0.25) is 4.79 Å². The van der Waals surface area contributed by atoms with Gasteiger partial charge in [0.25, 0.3) is 5.91 Å². The number of rotatable bonds is 5. The fourth-order valence-corrected chi connectivity index (χ4v) is 1.93. The van der Waals surface area contributed by atoms with Gasteiger partial charge in [-0.2, -0.15) is 0 Å². The van der Waals surface area contributed by atoms with Crippen LogP contribution in [0.25, 0.3) is 0 Å². The zero-order valence-corrected chi connectivity index (χ0v) is 11.6. The monoisotopic (exact) mass is 289 g/mol. The average molecular weight is 289 g/mol. The Hall–Kier alpha value is -2.40. The van der Waals surface area contributed by atoms with Crippen LogP contribution in [0.3, 0.4) is 0 Å². The zero-order valence-electron chi connectivity index (χ0n) is 11.6. The maximum atomic E-state index is 13.4. The van der Waals surface area contributed by atoms with E-state index in [2.05, 4.69) is 5.32 Å². The minimum absolute atomic E-state index is 0.110. The molecule has 0 aromatic heterocycles. The number of hydrogen-bond donors (Lipinski definition) is 2. The summed E-state index contributed by atoms with van der Waals surface area (Å²) in [6, 6.07) is 11.3. The normalized spacial score (nSPS) is 10.2. The summed E-state index contributed by atoms with van der Waals surface area (Å²) in [5.74, 6) is -0.492. The van der Waals surface area contributed by atoms with Crippen molar-refractivity contribution in [1.29, 1.82) is 0 Å². The Morgan fingerprint density at radius 1 is 1.24 bits per heavy atom. The molecule has 2 N–H and O–H groups in total. The molecule has 2 aromatic rings. The number of amides is 1. The lowest BCUT2D eigenvalue weighted by Crippen LogP contribution is -2.21. The van der Waals surface area contributed by atoms with Crippen LogP contribution in [0.2, 0.25) is 0 Å². The number of hydrogen-bond acceptors (Lipinski definition) is 3. The second-order valence-electron chi connectivity index (χ2n) is 4.54. The molecule has 21 heavy (non-hydrogen) atoms. The molecule has 2 rings (SSSR count). The molecule has 2 aromatic carbocycles. The fourth-order valence-electron chi connectivity index (χ4n) is 1.93. The third kappa shape index (κ3) is 3.79. The van der Waals surface area contributed by atoms with Crippen molar-refractivity contribution in [2.45, 2.75) is 13.5 Å². The van der Waals surface area contributed by atoms with E-state index in [1.807, 2.05) is 13.0 Å². The molecule has 0 radical (unpaired) electrons. The van der Waals surface area contributed by atoms with Crippen LogP contribution in [0.4, 0.5) is 10.1 Å². The number of aryl methyl sites for hydroxylation is 1. The fraction of sp³-hybridized carbons (Fsp3) is 0.188. The van der Waals surface area contributed by atoms with Crippen molar-refractivity contribution in [3.63, 3.8) is 0 Å². The number of ether oxygens (including phenoxy) is 1. The van der Waals surface area contributed by atoms with Gasteiger partial charge in [-0.1, -0.05) is 30.3 Å². The first-order chi connectivity index (χ1) is 10.1. The van der Waals surface area contributed by atoms with Gasteiger partial charge in [-0.05, 0) is 24.6 Å². The van der Waals surface area contributed by atoms with Crippen LogP contribution in [-0.4, -0.2) is 17.6 Å². The third-order valence-corrected chi connectivity index (χ3v) is 2.96. The molecule has 0 saturated heterocycles. The minimum atomic E-state index is -0.502.